The van der Waals surface area contributed by atoms with Gasteiger partial charge in [0.25, 0.3) is 0 Å². The van der Waals surface area contributed by atoms with Crippen molar-refractivity contribution in [2.24, 2.45) is 0 Å². The zero-order chi connectivity index (χ0) is 56.9. The monoisotopic (exact) mass is 1080 g/mol. The van der Waals surface area contributed by atoms with E-state index < -0.39 is 0 Å². The van der Waals surface area contributed by atoms with Crippen LogP contribution in [0, 0.1) is 0 Å². The van der Waals surface area contributed by atoms with E-state index in [4.69, 9.17) is 9.72 Å². The van der Waals surface area contributed by atoms with Crippen molar-refractivity contribution < 1.29 is 4.74 Å². The molecule has 2 aromatic heterocycles. The molecule has 3 heterocycles. The first-order chi connectivity index (χ1) is 40.0. The number of hydrogen-bond acceptors (Lipinski definition) is 4. The summed E-state index contributed by atoms with van der Waals surface area (Å²) in [6, 6.07) is 84.7. The standard InChI is InChI=1S/C78H68N4O/c1-76(2,3)55-40-41-79-71(46-55)82-70-48-60(38-39-66(70)73-67-35-19-25-51-24-18-34-64(72(51)67)63-30-13-14-31-65(63)75(73)82)83-59-29-20-28-58(47-59)80-49-81(69-37-16-15-36-68(69)80)74-61(53-27-17-26-52(42-53)50-22-11-10-12-23-50)32-21-33-62(74)54-43-56(77(4,5)6)45-57(44-54)78(7,8)9/h10-48H,49H2,1-9H3. The molecule has 1 aliphatic heterocycles. The normalized spacial score (nSPS) is 13.0. The van der Waals surface area contributed by atoms with Crippen molar-refractivity contribution in [1.29, 1.82) is 0 Å². The number of aromatic nitrogens is 2. The molecule has 12 aromatic rings. The minimum absolute atomic E-state index is 0.0552. The molecule has 5 nitrogen and oxygen atoms in total. The van der Waals surface area contributed by atoms with E-state index in [9.17, 15) is 0 Å². The molecule has 1 aliphatic carbocycles. The Labute approximate surface area is 488 Å². The van der Waals surface area contributed by atoms with Crippen LogP contribution in [0.3, 0.4) is 0 Å². The lowest BCUT2D eigenvalue weighted by Gasteiger charge is -2.29. The summed E-state index contributed by atoms with van der Waals surface area (Å²) in [5.74, 6) is 2.37. The Morgan fingerprint density at radius 1 is 0.398 bits per heavy atom. The van der Waals surface area contributed by atoms with E-state index in [2.05, 4.69) is 307 Å². The first-order valence-electron chi connectivity index (χ1n) is 29.2. The molecule has 0 unspecified atom stereocenters. The zero-order valence-corrected chi connectivity index (χ0v) is 48.9. The summed E-state index contributed by atoms with van der Waals surface area (Å²) in [5, 5.41) is 3.62. The fourth-order valence-electron chi connectivity index (χ4n) is 12.7. The van der Waals surface area contributed by atoms with Gasteiger partial charge in [-0.1, -0.05) is 226 Å². The maximum atomic E-state index is 7.10. The Kier molecular flexibility index (Phi) is 12.2. The quantitative estimate of drug-likeness (QED) is 0.152. The molecule has 0 radical (unpaired) electrons. The SMILES string of the molecule is CC(C)(C)c1cc(-c2cccc(-c3cccc(-c4ccccc4)c3)c2N2CN(c3cccc(Oc4ccc5c6c(n(-c7cc(C(C)(C)C)ccn7)c5c4)-c4ccccc4-c4cccc5cccc-6c45)c3)c3ccccc32)cc(C(C)(C)C)c1. The molecule has 0 N–H and O–H groups in total. The van der Waals surface area contributed by atoms with Gasteiger partial charge in [0.2, 0.25) is 0 Å². The Bertz CT molecular complexity index is 4490. The highest BCUT2D eigenvalue weighted by Gasteiger charge is 2.34. The van der Waals surface area contributed by atoms with Crippen LogP contribution in [0.1, 0.15) is 79.0 Å². The fourth-order valence-corrected chi connectivity index (χ4v) is 12.7. The molecule has 406 valence electrons. The molecule has 0 saturated heterocycles. The zero-order valence-electron chi connectivity index (χ0n) is 48.9. The Hall–Kier alpha value is -9.45. The topological polar surface area (TPSA) is 33.5 Å². The molecule has 0 saturated carbocycles. The molecule has 0 fully saturated rings. The summed E-state index contributed by atoms with van der Waals surface area (Å²) < 4.78 is 9.48. The minimum atomic E-state index is -0.0854. The minimum Gasteiger partial charge on any atom is -0.457 e. The van der Waals surface area contributed by atoms with E-state index in [-0.39, 0.29) is 16.2 Å². The number of rotatable bonds is 8. The first-order valence-corrected chi connectivity index (χ1v) is 29.2. The van der Waals surface area contributed by atoms with Crippen LogP contribution < -0.4 is 14.5 Å². The van der Waals surface area contributed by atoms with Crippen molar-refractivity contribution in [3.8, 4) is 84.2 Å². The van der Waals surface area contributed by atoms with Gasteiger partial charge in [-0.25, -0.2) is 4.98 Å². The molecule has 0 bridgehead atoms. The van der Waals surface area contributed by atoms with Gasteiger partial charge in [-0.2, -0.15) is 0 Å². The second-order valence-corrected chi connectivity index (χ2v) is 25.7. The van der Waals surface area contributed by atoms with Gasteiger partial charge in [0.05, 0.1) is 28.3 Å². The average molecular weight is 1080 g/mol. The molecule has 5 heteroatoms. The number of fused-ring (bicyclic) bond motifs is 8. The summed E-state index contributed by atoms with van der Waals surface area (Å²) in [4.78, 5) is 10.1. The highest BCUT2D eigenvalue weighted by Crippen LogP contribution is 2.54. The van der Waals surface area contributed by atoms with Gasteiger partial charge < -0.3 is 14.5 Å². The van der Waals surface area contributed by atoms with Crippen LogP contribution >= 0.6 is 0 Å². The van der Waals surface area contributed by atoms with Gasteiger partial charge in [0, 0.05) is 51.7 Å². The number of hydrogen-bond donors (Lipinski definition) is 0. The Morgan fingerprint density at radius 2 is 0.976 bits per heavy atom. The highest BCUT2D eigenvalue weighted by molar-refractivity contribution is 6.19. The van der Waals surface area contributed by atoms with E-state index in [0.717, 1.165) is 51.0 Å². The maximum absolute atomic E-state index is 7.10. The molecule has 0 spiro atoms. The molecule has 83 heavy (non-hydrogen) atoms. The number of anilines is 4. The van der Waals surface area contributed by atoms with Crippen molar-refractivity contribution in [1.82, 2.24) is 9.55 Å². The number of para-hydroxylation sites is 3. The second-order valence-electron chi connectivity index (χ2n) is 25.7. The van der Waals surface area contributed by atoms with Gasteiger partial charge in [0.1, 0.15) is 24.0 Å². The predicted molar refractivity (Wildman–Crippen MR) is 349 cm³/mol. The second kappa shape index (κ2) is 19.6. The van der Waals surface area contributed by atoms with Crippen LogP contribution in [-0.2, 0) is 16.2 Å². The van der Waals surface area contributed by atoms with Crippen molar-refractivity contribution in [3.63, 3.8) is 0 Å². The molecule has 14 rings (SSSR count). The number of nitrogens with zero attached hydrogens (tertiary/aromatic N) is 4. The number of benzene rings is 10. The van der Waals surface area contributed by atoms with E-state index in [1.165, 1.54) is 94.3 Å². The van der Waals surface area contributed by atoms with Gasteiger partial charge in [0.15, 0.2) is 0 Å². The largest absolute Gasteiger partial charge is 0.457 e. The lowest BCUT2D eigenvalue weighted by molar-refractivity contribution is 0.483. The summed E-state index contributed by atoms with van der Waals surface area (Å²) in [5.41, 5.74) is 23.5. The van der Waals surface area contributed by atoms with Crippen LogP contribution in [0.2, 0.25) is 0 Å². The van der Waals surface area contributed by atoms with Crippen LogP contribution in [-0.4, -0.2) is 16.2 Å². The lowest BCUT2D eigenvalue weighted by Crippen LogP contribution is -2.25. The smallest absolute Gasteiger partial charge is 0.137 e. The third-order valence-electron chi connectivity index (χ3n) is 17.1. The summed E-state index contributed by atoms with van der Waals surface area (Å²) in [6.45, 7) is 21.3. The van der Waals surface area contributed by atoms with E-state index in [1.807, 2.05) is 6.20 Å². The molecular weight excluding hydrogens is 1010 g/mol. The number of pyridine rings is 1. The summed E-state index contributed by atoms with van der Waals surface area (Å²) in [6.07, 6.45) is 1.96. The summed E-state index contributed by atoms with van der Waals surface area (Å²) in [7, 11) is 0. The first kappa shape index (κ1) is 51.7. The van der Waals surface area contributed by atoms with Crippen LogP contribution in [0.15, 0.2) is 237 Å². The predicted octanol–water partition coefficient (Wildman–Crippen LogP) is 21.4. The van der Waals surface area contributed by atoms with E-state index >= 15 is 0 Å². The molecule has 0 amide bonds. The summed E-state index contributed by atoms with van der Waals surface area (Å²) >= 11 is 0. The van der Waals surface area contributed by atoms with Crippen molar-refractivity contribution >= 4 is 44.4 Å². The van der Waals surface area contributed by atoms with Gasteiger partial charge in [-0.3, -0.25) is 4.57 Å². The molecule has 10 aromatic carbocycles. The van der Waals surface area contributed by atoms with Crippen LogP contribution in [0.25, 0.3) is 94.4 Å². The van der Waals surface area contributed by atoms with Crippen molar-refractivity contribution in [2.75, 3.05) is 16.5 Å². The van der Waals surface area contributed by atoms with Gasteiger partial charge in [-0.15, -0.1) is 0 Å². The van der Waals surface area contributed by atoms with Crippen LogP contribution in [0.5, 0.6) is 11.5 Å². The van der Waals surface area contributed by atoms with E-state index in [0.29, 0.717) is 6.67 Å². The van der Waals surface area contributed by atoms with E-state index in [1.54, 1.807) is 0 Å². The third kappa shape index (κ3) is 9.07. The Balaban J connectivity index is 0.898. The van der Waals surface area contributed by atoms with Crippen molar-refractivity contribution in [3.05, 3.63) is 253 Å². The molecular formula is C78H68N4O. The molecule has 2 aliphatic rings. The molecule has 0 atom stereocenters. The highest BCUT2D eigenvalue weighted by atomic mass is 16.5. The third-order valence-corrected chi connectivity index (χ3v) is 17.1. The average Bonchev–Trinajstić information content (AvgIpc) is 2.09. The Morgan fingerprint density at radius 3 is 1.71 bits per heavy atom. The lowest BCUT2D eigenvalue weighted by atomic mass is 9.78. The van der Waals surface area contributed by atoms with Crippen molar-refractivity contribution in [2.45, 2.75) is 78.6 Å². The van der Waals surface area contributed by atoms with Gasteiger partial charge >= 0.3 is 0 Å². The fraction of sp³-hybridized carbons (Fsp3) is 0.167. The number of ether oxygens (including phenoxy) is 1. The van der Waals surface area contributed by atoms with Crippen LogP contribution in [0.4, 0.5) is 22.7 Å². The maximum Gasteiger partial charge on any atom is 0.137 e. The van der Waals surface area contributed by atoms with Gasteiger partial charge in [-0.05, 0) is 137 Å².